The van der Waals surface area contributed by atoms with E-state index in [-0.39, 0.29) is 12.0 Å². The molecule has 5 nitrogen and oxygen atoms in total. The molecule has 5 atom stereocenters. The van der Waals surface area contributed by atoms with Crippen LogP contribution < -0.4 is 0 Å². The van der Waals surface area contributed by atoms with Gasteiger partial charge in [0.1, 0.15) is 6.10 Å². The Hall–Kier alpha value is -3.58. The molecular weight excluding hydrogens is 596 g/mol. The van der Waals surface area contributed by atoms with E-state index in [0.717, 1.165) is 55.4 Å². The lowest BCUT2D eigenvalue weighted by molar-refractivity contribution is -0.361. The van der Waals surface area contributed by atoms with Crippen LogP contribution in [0.25, 0.3) is 0 Å². The molecule has 5 rings (SSSR count). The maximum absolute atomic E-state index is 12.7. The number of unbranched alkanes of at least 4 members (excludes halogenated alkanes) is 1. The number of benzene rings is 4. The van der Waals surface area contributed by atoms with Crippen LogP contribution in [0.1, 0.15) is 72.1 Å². The van der Waals surface area contributed by atoms with Gasteiger partial charge in [0.25, 0.3) is 0 Å². The van der Waals surface area contributed by atoms with Gasteiger partial charge < -0.3 is 24.1 Å². The number of aliphatic hydroxyl groups is 1. The summed E-state index contributed by atoms with van der Waals surface area (Å²) >= 11 is 0. The Bertz CT molecular complexity index is 1540. The van der Waals surface area contributed by atoms with Crippen molar-refractivity contribution in [3.8, 4) is 0 Å². The lowest BCUT2D eigenvalue weighted by Gasteiger charge is -2.50. The van der Waals surface area contributed by atoms with E-state index < -0.39 is 18.0 Å². The first-order valence-electron chi connectivity index (χ1n) is 17.5. The van der Waals surface area contributed by atoms with Crippen molar-refractivity contribution in [2.75, 3.05) is 13.2 Å². The smallest absolute Gasteiger partial charge is 0.222 e. The standard InChI is InChI=1S/C43H52O5/c1-5-26-45-27-14-13-15-34-21-23-35(24-22-34)28-38-29-39(25-20-32(38)3)43(44)42(47-31-37-18-11-8-12-19-37)41(33(4)40(6-2)48-43)46-30-36-16-9-7-10-17-36/h5,7-12,16-25,29,33,40-42,44H,1,6,13-15,26-28,30-31H2,2-4H3/t33-,40-,41+,42-,43+/m1/s1. The Labute approximate surface area is 287 Å². The molecule has 1 fully saturated rings. The summed E-state index contributed by atoms with van der Waals surface area (Å²) in [5, 5.41) is 12.7. The largest absolute Gasteiger partial charge is 0.377 e. The molecule has 1 N–H and O–H groups in total. The van der Waals surface area contributed by atoms with Crippen molar-refractivity contribution >= 4 is 0 Å². The van der Waals surface area contributed by atoms with Crippen LogP contribution in [0.5, 0.6) is 0 Å². The summed E-state index contributed by atoms with van der Waals surface area (Å²) in [4.78, 5) is 0. The quantitative estimate of drug-likeness (QED) is 0.0916. The van der Waals surface area contributed by atoms with Crippen molar-refractivity contribution in [2.24, 2.45) is 5.92 Å². The Morgan fingerprint density at radius 3 is 2.10 bits per heavy atom. The van der Waals surface area contributed by atoms with E-state index in [4.69, 9.17) is 18.9 Å². The van der Waals surface area contributed by atoms with Gasteiger partial charge in [-0.15, -0.1) is 6.58 Å². The fraction of sp³-hybridized carbons (Fsp3) is 0.395. The van der Waals surface area contributed by atoms with Crippen LogP contribution in [-0.2, 0) is 50.8 Å². The van der Waals surface area contributed by atoms with E-state index >= 15 is 0 Å². The number of aryl methyl sites for hydroxylation is 2. The van der Waals surface area contributed by atoms with Crippen molar-refractivity contribution in [3.05, 3.63) is 155 Å². The maximum Gasteiger partial charge on any atom is 0.222 e. The van der Waals surface area contributed by atoms with E-state index in [9.17, 15) is 5.11 Å². The molecular formula is C43H52O5. The second-order valence-corrected chi connectivity index (χ2v) is 13.1. The van der Waals surface area contributed by atoms with E-state index in [0.29, 0.717) is 25.4 Å². The third-order valence-corrected chi connectivity index (χ3v) is 9.50. The minimum absolute atomic E-state index is 0.00265. The average Bonchev–Trinajstić information content (AvgIpc) is 3.12. The molecule has 1 aliphatic heterocycles. The summed E-state index contributed by atoms with van der Waals surface area (Å²) in [5.41, 5.74) is 7.67. The highest BCUT2D eigenvalue weighted by Crippen LogP contribution is 2.43. The first-order chi connectivity index (χ1) is 23.4. The Morgan fingerprint density at radius 1 is 0.812 bits per heavy atom. The average molecular weight is 649 g/mol. The van der Waals surface area contributed by atoms with Gasteiger partial charge in [-0.2, -0.15) is 0 Å². The van der Waals surface area contributed by atoms with Gasteiger partial charge in [-0.05, 0) is 78.5 Å². The molecule has 254 valence electrons. The van der Waals surface area contributed by atoms with Gasteiger partial charge in [-0.3, -0.25) is 0 Å². The van der Waals surface area contributed by atoms with Gasteiger partial charge in [0, 0.05) is 18.1 Å². The fourth-order valence-corrected chi connectivity index (χ4v) is 6.60. The van der Waals surface area contributed by atoms with Gasteiger partial charge in [0.15, 0.2) is 0 Å². The van der Waals surface area contributed by atoms with Crippen molar-refractivity contribution < 1.29 is 24.1 Å². The zero-order valence-corrected chi connectivity index (χ0v) is 28.9. The van der Waals surface area contributed by atoms with Crippen LogP contribution in [0.3, 0.4) is 0 Å². The van der Waals surface area contributed by atoms with Gasteiger partial charge in [0.05, 0.1) is 32.0 Å². The minimum atomic E-state index is -1.70. The van der Waals surface area contributed by atoms with Crippen LogP contribution in [0.4, 0.5) is 0 Å². The molecule has 0 unspecified atom stereocenters. The van der Waals surface area contributed by atoms with Gasteiger partial charge >= 0.3 is 0 Å². The van der Waals surface area contributed by atoms with Crippen LogP contribution >= 0.6 is 0 Å². The number of rotatable bonds is 17. The molecule has 48 heavy (non-hydrogen) atoms. The molecule has 0 aliphatic carbocycles. The Balaban J connectivity index is 1.38. The lowest BCUT2D eigenvalue weighted by Crippen LogP contribution is -2.61. The molecule has 1 saturated heterocycles. The molecule has 0 spiro atoms. The topological polar surface area (TPSA) is 57.2 Å². The summed E-state index contributed by atoms with van der Waals surface area (Å²) in [7, 11) is 0. The molecule has 4 aromatic carbocycles. The summed E-state index contributed by atoms with van der Waals surface area (Å²) in [6.07, 6.45) is 5.09. The zero-order valence-electron chi connectivity index (χ0n) is 28.9. The monoisotopic (exact) mass is 648 g/mol. The highest BCUT2D eigenvalue weighted by Gasteiger charge is 2.54. The van der Waals surface area contributed by atoms with Crippen LogP contribution in [0.2, 0.25) is 0 Å². The second kappa shape index (κ2) is 17.7. The van der Waals surface area contributed by atoms with Gasteiger partial charge in [-0.25, -0.2) is 0 Å². The fourth-order valence-electron chi connectivity index (χ4n) is 6.60. The van der Waals surface area contributed by atoms with Crippen LogP contribution in [-0.4, -0.2) is 36.6 Å². The lowest BCUT2D eigenvalue weighted by atomic mass is 9.81. The predicted molar refractivity (Wildman–Crippen MR) is 193 cm³/mol. The van der Waals surface area contributed by atoms with E-state index in [1.54, 1.807) is 6.08 Å². The molecule has 0 aromatic heterocycles. The second-order valence-electron chi connectivity index (χ2n) is 13.1. The Morgan fingerprint density at radius 2 is 1.46 bits per heavy atom. The molecule has 1 heterocycles. The van der Waals surface area contributed by atoms with Crippen molar-refractivity contribution in [1.82, 2.24) is 0 Å². The van der Waals surface area contributed by atoms with Crippen molar-refractivity contribution in [2.45, 2.75) is 90.2 Å². The van der Waals surface area contributed by atoms with E-state index in [2.05, 4.69) is 75.9 Å². The van der Waals surface area contributed by atoms with E-state index in [1.807, 2.05) is 54.6 Å². The molecule has 0 saturated carbocycles. The Kier molecular flexibility index (Phi) is 13.2. The third kappa shape index (κ3) is 9.31. The highest BCUT2D eigenvalue weighted by molar-refractivity contribution is 5.38. The first kappa shape index (κ1) is 35.7. The molecule has 0 bridgehead atoms. The van der Waals surface area contributed by atoms with Crippen LogP contribution in [0.15, 0.2) is 116 Å². The first-order valence-corrected chi connectivity index (χ1v) is 17.5. The van der Waals surface area contributed by atoms with E-state index in [1.165, 1.54) is 16.7 Å². The summed E-state index contributed by atoms with van der Waals surface area (Å²) in [6.45, 7) is 12.2. The number of ether oxygens (including phenoxy) is 4. The zero-order chi connectivity index (χ0) is 33.8. The molecule has 1 aliphatic rings. The predicted octanol–water partition coefficient (Wildman–Crippen LogP) is 8.87. The van der Waals surface area contributed by atoms with Gasteiger partial charge in [0.2, 0.25) is 5.79 Å². The highest BCUT2D eigenvalue weighted by atomic mass is 16.7. The molecule has 0 radical (unpaired) electrons. The van der Waals surface area contributed by atoms with Gasteiger partial charge in [-0.1, -0.05) is 117 Å². The summed E-state index contributed by atoms with van der Waals surface area (Å²) in [6, 6.07) is 35.3. The minimum Gasteiger partial charge on any atom is -0.377 e. The molecule has 0 amide bonds. The summed E-state index contributed by atoms with van der Waals surface area (Å²) < 4.78 is 25.5. The molecule has 4 aromatic rings. The van der Waals surface area contributed by atoms with Crippen molar-refractivity contribution in [1.29, 1.82) is 0 Å². The number of hydrogen-bond donors (Lipinski definition) is 1. The van der Waals surface area contributed by atoms with Crippen molar-refractivity contribution in [3.63, 3.8) is 0 Å². The van der Waals surface area contributed by atoms with Crippen LogP contribution in [0, 0.1) is 12.8 Å². The third-order valence-electron chi connectivity index (χ3n) is 9.50. The SMILES string of the molecule is C=CCOCCCCc1ccc(Cc2cc([C@]3(O)O[C@H](CC)[C@@H](C)[C@H](OCc4ccccc4)[C@H]3OCc3ccccc3)ccc2C)cc1. The normalized spacial score (nSPS) is 22.4. The maximum atomic E-state index is 12.7. The number of hydrogen-bond acceptors (Lipinski definition) is 5. The summed E-state index contributed by atoms with van der Waals surface area (Å²) in [5.74, 6) is -1.70. The molecule has 5 heteroatoms.